The predicted molar refractivity (Wildman–Crippen MR) is 105 cm³/mol. The third-order valence-electron chi connectivity index (χ3n) is 4.49. The van der Waals surface area contributed by atoms with Gasteiger partial charge in [0, 0.05) is 36.7 Å². The summed E-state index contributed by atoms with van der Waals surface area (Å²) in [5, 5.41) is 9.05. The Labute approximate surface area is 155 Å². The largest absolute Gasteiger partial charge is 0.456 e. The molecule has 0 radical (unpaired) electrons. The first-order valence-electron chi connectivity index (χ1n) is 8.83. The molecule has 1 aromatic carbocycles. The standard InChI is InChI=1S/C21H17N5O/c1-2-6-18-16(5-1)12-19(27-18)17-13-20(25-26-11-10-24-21(17)26)23-9-7-15-4-3-8-22-14-15/h1-6,8,10-14H,7,9H2,(H,23,25). The first kappa shape index (κ1) is 15.6. The van der Waals surface area contributed by atoms with Crippen molar-refractivity contribution in [2.75, 3.05) is 11.9 Å². The topological polar surface area (TPSA) is 68.2 Å². The van der Waals surface area contributed by atoms with Gasteiger partial charge < -0.3 is 9.73 Å². The monoisotopic (exact) mass is 355 g/mol. The Bertz CT molecular complexity index is 1180. The summed E-state index contributed by atoms with van der Waals surface area (Å²) < 4.78 is 7.82. The van der Waals surface area contributed by atoms with Crippen LogP contribution < -0.4 is 5.32 Å². The van der Waals surface area contributed by atoms with E-state index in [9.17, 15) is 0 Å². The lowest BCUT2D eigenvalue weighted by Gasteiger charge is -2.08. The number of aromatic nitrogens is 4. The fourth-order valence-electron chi connectivity index (χ4n) is 3.18. The molecule has 6 heteroatoms. The molecule has 0 aliphatic rings. The highest BCUT2D eigenvalue weighted by Gasteiger charge is 2.13. The fourth-order valence-corrected chi connectivity index (χ4v) is 3.18. The molecule has 0 saturated carbocycles. The molecule has 5 aromatic rings. The second kappa shape index (κ2) is 6.57. The first-order chi connectivity index (χ1) is 13.4. The van der Waals surface area contributed by atoms with Crippen LogP contribution in [0.1, 0.15) is 5.56 Å². The van der Waals surface area contributed by atoms with Crippen molar-refractivity contribution in [2.45, 2.75) is 6.42 Å². The minimum absolute atomic E-state index is 0.762. The van der Waals surface area contributed by atoms with Crippen LogP contribution in [0.5, 0.6) is 0 Å². The van der Waals surface area contributed by atoms with E-state index in [0.29, 0.717) is 0 Å². The molecule has 1 N–H and O–H groups in total. The van der Waals surface area contributed by atoms with Crippen molar-refractivity contribution in [3.8, 4) is 11.3 Å². The fraction of sp³-hybridized carbons (Fsp3) is 0.0952. The van der Waals surface area contributed by atoms with E-state index in [1.54, 1.807) is 16.9 Å². The van der Waals surface area contributed by atoms with Crippen molar-refractivity contribution >= 4 is 22.4 Å². The number of furan rings is 1. The lowest BCUT2D eigenvalue weighted by molar-refractivity contribution is 0.631. The number of nitrogens with zero attached hydrogens (tertiary/aromatic N) is 4. The Hall–Kier alpha value is -3.67. The zero-order valence-electron chi connectivity index (χ0n) is 14.5. The highest BCUT2D eigenvalue weighted by molar-refractivity contribution is 5.86. The van der Waals surface area contributed by atoms with Gasteiger partial charge in [-0.05, 0) is 36.2 Å². The van der Waals surface area contributed by atoms with Gasteiger partial charge in [0.05, 0.1) is 5.56 Å². The van der Waals surface area contributed by atoms with E-state index in [2.05, 4.69) is 26.4 Å². The molecule has 4 heterocycles. The molecular formula is C21H17N5O. The third kappa shape index (κ3) is 3.01. The van der Waals surface area contributed by atoms with Crippen LogP contribution >= 0.6 is 0 Å². The second-order valence-electron chi connectivity index (χ2n) is 6.33. The molecule has 0 aliphatic carbocycles. The maximum Gasteiger partial charge on any atom is 0.164 e. The number of fused-ring (bicyclic) bond motifs is 2. The Kier molecular flexibility index (Phi) is 3.79. The highest BCUT2D eigenvalue weighted by Crippen LogP contribution is 2.31. The number of anilines is 1. The number of para-hydroxylation sites is 1. The molecule has 6 nitrogen and oxygen atoms in total. The van der Waals surface area contributed by atoms with Crippen LogP contribution in [0.4, 0.5) is 5.82 Å². The number of pyridine rings is 1. The van der Waals surface area contributed by atoms with Gasteiger partial charge in [0.15, 0.2) is 5.65 Å². The van der Waals surface area contributed by atoms with Crippen LogP contribution in [-0.2, 0) is 6.42 Å². The number of nitrogens with one attached hydrogen (secondary N) is 1. The van der Waals surface area contributed by atoms with Crippen molar-refractivity contribution in [1.82, 2.24) is 19.6 Å². The molecule has 132 valence electrons. The van der Waals surface area contributed by atoms with E-state index in [4.69, 9.17) is 4.42 Å². The Morgan fingerprint density at radius 1 is 1.04 bits per heavy atom. The third-order valence-corrected chi connectivity index (χ3v) is 4.49. The Balaban J connectivity index is 1.47. The van der Waals surface area contributed by atoms with Gasteiger partial charge in [-0.2, -0.15) is 0 Å². The van der Waals surface area contributed by atoms with Crippen molar-refractivity contribution in [1.29, 1.82) is 0 Å². The zero-order chi connectivity index (χ0) is 18.1. The molecule has 27 heavy (non-hydrogen) atoms. The van der Waals surface area contributed by atoms with E-state index in [1.807, 2.05) is 54.9 Å². The molecule has 0 bridgehead atoms. The number of hydrogen-bond donors (Lipinski definition) is 1. The van der Waals surface area contributed by atoms with Gasteiger partial charge in [0.2, 0.25) is 0 Å². The highest BCUT2D eigenvalue weighted by atomic mass is 16.3. The summed E-state index contributed by atoms with van der Waals surface area (Å²) in [4.78, 5) is 8.59. The number of rotatable bonds is 5. The molecule has 0 amide bonds. The summed E-state index contributed by atoms with van der Waals surface area (Å²) in [6.45, 7) is 0.762. The number of benzene rings is 1. The van der Waals surface area contributed by atoms with E-state index in [0.717, 1.165) is 46.7 Å². The predicted octanol–water partition coefficient (Wildman–Crippen LogP) is 4.19. The lowest BCUT2D eigenvalue weighted by atomic mass is 10.2. The van der Waals surface area contributed by atoms with Gasteiger partial charge in [-0.25, -0.2) is 9.50 Å². The van der Waals surface area contributed by atoms with Gasteiger partial charge in [-0.1, -0.05) is 24.3 Å². The van der Waals surface area contributed by atoms with Gasteiger partial charge in [0.25, 0.3) is 0 Å². The number of hydrogen-bond acceptors (Lipinski definition) is 5. The summed E-state index contributed by atoms with van der Waals surface area (Å²) in [6, 6.07) is 16.0. The van der Waals surface area contributed by atoms with Crippen molar-refractivity contribution in [2.24, 2.45) is 0 Å². The van der Waals surface area contributed by atoms with Gasteiger partial charge in [-0.15, -0.1) is 5.10 Å². The molecule has 5 rings (SSSR count). The normalized spacial score (nSPS) is 11.3. The second-order valence-corrected chi connectivity index (χ2v) is 6.33. The molecule has 0 spiro atoms. The Morgan fingerprint density at radius 2 is 2.00 bits per heavy atom. The molecule has 4 aromatic heterocycles. The van der Waals surface area contributed by atoms with Crippen LogP contribution in [0.15, 0.2) is 77.7 Å². The number of imidazole rings is 1. The average molecular weight is 355 g/mol. The smallest absolute Gasteiger partial charge is 0.164 e. The summed E-state index contributed by atoms with van der Waals surface area (Å²) in [7, 11) is 0. The van der Waals surface area contributed by atoms with Gasteiger partial charge in [-0.3, -0.25) is 4.98 Å². The van der Waals surface area contributed by atoms with Crippen molar-refractivity contribution in [3.05, 3.63) is 78.9 Å². The van der Waals surface area contributed by atoms with Crippen LogP contribution in [0, 0.1) is 0 Å². The van der Waals surface area contributed by atoms with Crippen LogP contribution in [0.2, 0.25) is 0 Å². The summed E-state index contributed by atoms with van der Waals surface area (Å²) in [6.07, 6.45) is 8.12. The van der Waals surface area contributed by atoms with E-state index < -0.39 is 0 Å². The minimum atomic E-state index is 0.762. The van der Waals surface area contributed by atoms with E-state index >= 15 is 0 Å². The molecule has 0 unspecified atom stereocenters. The summed E-state index contributed by atoms with van der Waals surface area (Å²) in [5.41, 5.74) is 3.73. The van der Waals surface area contributed by atoms with Crippen LogP contribution in [0.25, 0.3) is 27.9 Å². The summed E-state index contributed by atoms with van der Waals surface area (Å²) in [5.74, 6) is 1.56. The van der Waals surface area contributed by atoms with Gasteiger partial charge in [0.1, 0.15) is 17.2 Å². The Morgan fingerprint density at radius 3 is 2.89 bits per heavy atom. The van der Waals surface area contributed by atoms with Crippen molar-refractivity contribution in [3.63, 3.8) is 0 Å². The molecule has 0 atom stereocenters. The maximum atomic E-state index is 6.04. The quantitative estimate of drug-likeness (QED) is 0.512. The molecule has 0 saturated heterocycles. The zero-order valence-corrected chi connectivity index (χ0v) is 14.5. The van der Waals surface area contributed by atoms with E-state index in [-0.39, 0.29) is 0 Å². The van der Waals surface area contributed by atoms with Crippen LogP contribution in [-0.4, -0.2) is 26.1 Å². The lowest BCUT2D eigenvalue weighted by Crippen LogP contribution is -2.08. The van der Waals surface area contributed by atoms with Crippen molar-refractivity contribution < 1.29 is 4.42 Å². The molecule has 0 fully saturated rings. The van der Waals surface area contributed by atoms with Gasteiger partial charge >= 0.3 is 0 Å². The first-order valence-corrected chi connectivity index (χ1v) is 8.83. The minimum Gasteiger partial charge on any atom is -0.456 e. The SMILES string of the molecule is c1cncc(CCNc2cc(-c3cc4ccccc4o3)c3nccn3n2)c1. The van der Waals surface area contributed by atoms with Crippen LogP contribution in [0.3, 0.4) is 0 Å². The average Bonchev–Trinajstić information content (AvgIpc) is 3.35. The maximum absolute atomic E-state index is 6.04. The summed E-state index contributed by atoms with van der Waals surface area (Å²) >= 11 is 0. The van der Waals surface area contributed by atoms with E-state index in [1.165, 1.54) is 5.56 Å². The molecular weight excluding hydrogens is 338 g/mol. The molecule has 0 aliphatic heterocycles.